The molecule has 1 aliphatic rings. The van der Waals surface area contributed by atoms with Gasteiger partial charge in [0.2, 0.25) is 0 Å². The van der Waals surface area contributed by atoms with Gasteiger partial charge in [-0.2, -0.15) is 0 Å². The molecular formula is C17H24O3. The molecule has 0 aliphatic heterocycles. The number of rotatable bonds is 4. The van der Waals surface area contributed by atoms with E-state index in [-0.39, 0.29) is 11.7 Å². The molecule has 0 unspecified atom stereocenters. The number of aromatic carboxylic acids is 1. The second kappa shape index (κ2) is 6.29. The van der Waals surface area contributed by atoms with Crippen molar-refractivity contribution in [1.29, 1.82) is 0 Å². The summed E-state index contributed by atoms with van der Waals surface area (Å²) < 4.78 is 6.11. The number of hydrogen-bond donors (Lipinski definition) is 1. The Balaban J connectivity index is 2.20. The SMILES string of the molecule is CC(C)[C@H]1CC[C@H](C)C[C@@H]1Oc1ccccc1C(=O)O. The third kappa shape index (κ3) is 3.33. The molecule has 3 atom stereocenters. The van der Waals surface area contributed by atoms with Gasteiger partial charge in [0.05, 0.1) is 0 Å². The molecule has 0 spiro atoms. The van der Waals surface area contributed by atoms with E-state index in [4.69, 9.17) is 4.74 Å². The fraction of sp³-hybridized carbons (Fsp3) is 0.588. The Bertz CT molecular complexity index is 467. The summed E-state index contributed by atoms with van der Waals surface area (Å²) in [6, 6.07) is 6.94. The van der Waals surface area contributed by atoms with E-state index in [2.05, 4.69) is 20.8 Å². The van der Waals surface area contributed by atoms with Crippen LogP contribution in [0.5, 0.6) is 5.75 Å². The number of carboxylic acids is 1. The van der Waals surface area contributed by atoms with E-state index < -0.39 is 5.97 Å². The molecule has 0 heterocycles. The predicted molar refractivity (Wildman–Crippen MR) is 79.2 cm³/mol. The van der Waals surface area contributed by atoms with E-state index in [0.29, 0.717) is 23.5 Å². The molecule has 1 aromatic rings. The van der Waals surface area contributed by atoms with Crippen molar-refractivity contribution in [3.8, 4) is 5.75 Å². The van der Waals surface area contributed by atoms with Crippen LogP contribution >= 0.6 is 0 Å². The maximum absolute atomic E-state index is 11.3. The van der Waals surface area contributed by atoms with Crippen LogP contribution in [-0.2, 0) is 0 Å². The Hall–Kier alpha value is -1.51. The lowest BCUT2D eigenvalue weighted by Gasteiger charge is -2.37. The highest BCUT2D eigenvalue weighted by atomic mass is 16.5. The second-order valence-corrected chi connectivity index (χ2v) is 6.28. The van der Waals surface area contributed by atoms with Crippen molar-refractivity contribution in [2.24, 2.45) is 17.8 Å². The number of benzene rings is 1. The topological polar surface area (TPSA) is 46.5 Å². The molecule has 110 valence electrons. The zero-order chi connectivity index (χ0) is 14.7. The highest BCUT2D eigenvalue weighted by Crippen LogP contribution is 2.36. The Labute approximate surface area is 121 Å². The van der Waals surface area contributed by atoms with Crippen molar-refractivity contribution < 1.29 is 14.6 Å². The largest absolute Gasteiger partial charge is 0.489 e. The Morgan fingerprint density at radius 2 is 2.00 bits per heavy atom. The van der Waals surface area contributed by atoms with Gasteiger partial charge in [0.1, 0.15) is 17.4 Å². The molecule has 2 rings (SSSR count). The maximum Gasteiger partial charge on any atom is 0.339 e. The molecule has 0 aromatic heterocycles. The van der Waals surface area contributed by atoms with Crippen LogP contribution in [0.4, 0.5) is 0 Å². The van der Waals surface area contributed by atoms with E-state index >= 15 is 0 Å². The minimum absolute atomic E-state index is 0.124. The van der Waals surface area contributed by atoms with Crippen molar-refractivity contribution in [2.75, 3.05) is 0 Å². The van der Waals surface area contributed by atoms with Gasteiger partial charge in [-0.3, -0.25) is 0 Å². The number of carboxylic acid groups (broad SMARTS) is 1. The summed E-state index contributed by atoms with van der Waals surface area (Å²) in [6.07, 6.45) is 3.54. The number of carbonyl (C=O) groups is 1. The van der Waals surface area contributed by atoms with Gasteiger partial charge in [-0.05, 0) is 42.7 Å². The number of hydrogen-bond acceptors (Lipinski definition) is 2. The fourth-order valence-corrected chi connectivity index (χ4v) is 3.16. The summed E-state index contributed by atoms with van der Waals surface area (Å²) in [5.74, 6) is 1.29. The van der Waals surface area contributed by atoms with Crippen molar-refractivity contribution in [3.63, 3.8) is 0 Å². The van der Waals surface area contributed by atoms with Crippen LogP contribution in [0.15, 0.2) is 24.3 Å². The van der Waals surface area contributed by atoms with Gasteiger partial charge in [0.25, 0.3) is 0 Å². The van der Waals surface area contributed by atoms with Gasteiger partial charge >= 0.3 is 5.97 Å². The van der Waals surface area contributed by atoms with Crippen LogP contribution in [0, 0.1) is 17.8 Å². The quantitative estimate of drug-likeness (QED) is 0.895. The smallest absolute Gasteiger partial charge is 0.339 e. The predicted octanol–water partition coefficient (Wildman–Crippen LogP) is 4.22. The van der Waals surface area contributed by atoms with E-state index in [1.807, 2.05) is 6.07 Å². The van der Waals surface area contributed by atoms with Crippen LogP contribution in [0.1, 0.15) is 50.4 Å². The van der Waals surface area contributed by atoms with Crippen LogP contribution in [0.3, 0.4) is 0 Å². The minimum atomic E-state index is -0.925. The molecule has 1 N–H and O–H groups in total. The first-order chi connectivity index (χ1) is 9.49. The summed E-state index contributed by atoms with van der Waals surface area (Å²) in [6.45, 7) is 6.69. The third-order valence-corrected chi connectivity index (χ3v) is 4.36. The fourth-order valence-electron chi connectivity index (χ4n) is 3.16. The van der Waals surface area contributed by atoms with E-state index in [1.165, 1.54) is 12.8 Å². The van der Waals surface area contributed by atoms with Crippen LogP contribution in [0.25, 0.3) is 0 Å². The summed E-state index contributed by atoms with van der Waals surface area (Å²) in [5, 5.41) is 9.24. The highest BCUT2D eigenvalue weighted by Gasteiger charge is 2.32. The van der Waals surface area contributed by atoms with Gasteiger partial charge in [-0.15, -0.1) is 0 Å². The summed E-state index contributed by atoms with van der Waals surface area (Å²) in [4.78, 5) is 11.3. The molecule has 3 nitrogen and oxygen atoms in total. The molecule has 0 bridgehead atoms. The van der Waals surface area contributed by atoms with Gasteiger partial charge in [0.15, 0.2) is 0 Å². The normalized spacial score (nSPS) is 26.5. The molecule has 20 heavy (non-hydrogen) atoms. The van der Waals surface area contributed by atoms with Gasteiger partial charge in [-0.25, -0.2) is 4.79 Å². The van der Waals surface area contributed by atoms with E-state index in [9.17, 15) is 9.90 Å². The van der Waals surface area contributed by atoms with Crippen molar-refractivity contribution in [3.05, 3.63) is 29.8 Å². The average Bonchev–Trinajstić information content (AvgIpc) is 2.38. The summed E-state index contributed by atoms with van der Waals surface area (Å²) in [5.41, 5.74) is 0.258. The minimum Gasteiger partial charge on any atom is -0.489 e. The summed E-state index contributed by atoms with van der Waals surface area (Å²) >= 11 is 0. The van der Waals surface area contributed by atoms with Crippen LogP contribution in [0.2, 0.25) is 0 Å². The molecular weight excluding hydrogens is 252 g/mol. The Morgan fingerprint density at radius 3 is 2.65 bits per heavy atom. The second-order valence-electron chi connectivity index (χ2n) is 6.28. The molecule has 0 amide bonds. The highest BCUT2D eigenvalue weighted by molar-refractivity contribution is 5.90. The number of ether oxygens (including phenoxy) is 1. The average molecular weight is 276 g/mol. The van der Waals surface area contributed by atoms with Crippen molar-refractivity contribution >= 4 is 5.97 Å². The van der Waals surface area contributed by atoms with Crippen LogP contribution in [-0.4, -0.2) is 17.2 Å². The monoisotopic (exact) mass is 276 g/mol. The van der Waals surface area contributed by atoms with Crippen LogP contribution < -0.4 is 4.74 Å². The standard InChI is InChI=1S/C17H24O3/c1-11(2)13-9-8-12(3)10-16(13)20-15-7-5-4-6-14(15)17(18)19/h4-7,11-13,16H,8-10H2,1-3H3,(H,18,19)/t12-,13+,16-/m0/s1. The van der Waals surface area contributed by atoms with Gasteiger partial charge < -0.3 is 9.84 Å². The lowest BCUT2D eigenvalue weighted by atomic mass is 9.75. The zero-order valence-electron chi connectivity index (χ0n) is 12.5. The summed E-state index contributed by atoms with van der Waals surface area (Å²) in [7, 11) is 0. The number of para-hydroxylation sites is 1. The third-order valence-electron chi connectivity index (χ3n) is 4.36. The first-order valence-electron chi connectivity index (χ1n) is 7.48. The van der Waals surface area contributed by atoms with Crippen molar-refractivity contribution in [2.45, 2.75) is 46.1 Å². The molecule has 3 heteroatoms. The van der Waals surface area contributed by atoms with E-state index in [0.717, 1.165) is 6.42 Å². The first-order valence-corrected chi connectivity index (χ1v) is 7.48. The maximum atomic E-state index is 11.3. The Morgan fingerprint density at radius 1 is 1.30 bits per heavy atom. The first kappa shape index (κ1) is 14.9. The lowest BCUT2D eigenvalue weighted by Crippen LogP contribution is -2.36. The van der Waals surface area contributed by atoms with Gasteiger partial charge in [0, 0.05) is 0 Å². The molecule has 0 radical (unpaired) electrons. The Kier molecular flexibility index (Phi) is 4.69. The molecule has 1 fully saturated rings. The van der Waals surface area contributed by atoms with Gasteiger partial charge in [-0.1, -0.05) is 39.3 Å². The van der Waals surface area contributed by atoms with Crippen molar-refractivity contribution in [1.82, 2.24) is 0 Å². The zero-order valence-corrected chi connectivity index (χ0v) is 12.5. The lowest BCUT2D eigenvalue weighted by molar-refractivity contribution is 0.0437. The molecule has 1 aromatic carbocycles. The van der Waals surface area contributed by atoms with E-state index in [1.54, 1.807) is 18.2 Å². The molecule has 0 saturated heterocycles. The molecule has 1 aliphatic carbocycles. The molecule has 1 saturated carbocycles.